The molecule has 5 heteroatoms. The first-order chi connectivity index (χ1) is 8.72. The molecule has 2 N–H and O–H groups in total. The van der Waals surface area contributed by atoms with Crippen molar-refractivity contribution in [2.45, 2.75) is 20.3 Å². The largest absolute Gasteiger partial charge is 0.355 e. The molecule has 0 atom stereocenters. The molecule has 18 heavy (non-hydrogen) atoms. The van der Waals surface area contributed by atoms with Gasteiger partial charge in [-0.05, 0) is 30.3 Å². The lowest BCUT2D eigenvalue weighted by Crippen LogP contribution is -2.30. The zero-order valence-electron chi connectivity index (χ0n) is 11.0. The first-order valence-electron chi connectivity index (χ1n) is 6.35. The molecule has 2 aromatic rings. The highest BCUT2D eigenvalue weighted by atomic mass is 32.1. The fourth-order valence-electron chi connectivity index (χ4n) is 2.01. The van der Waals surface area contributed by atoms with Crippen LogP contribution < -0.4 is 10.6 Å². The van der Waals surface area contributed by atoms with Crippen molar-refractivity contribution in [3.63, 3.8) is 0 Å². The van der Waals surface area contributed by atoms with Crippen molar-refractivity contribution in [2.24, 2.45) is 11.7 Å². The van der Waals surface area contributed by atoms with Gasteiger partial charge >= 0.3 is 0 Å². The normalized spacial score (nSPS) is 11.3. The van der Waals surface area contributed by atoms with E-state index in [4.69, 9.17) is 5.73 Å². The van der Waals surface area contributed by atoms with Crippen LogP contribution in [0.1, 0.15) is 20.3 Å². The van der Waals surface area contributed by atoms with Gasteiger partial charge < -0.3 is 10.6 Å². The monoisotopic (exact) mass is 264 g/mol. The minimum Gasteiger partial charge on any atom is -0.355 e. The highest BCUT2D eigenvalue weighted by Gasteiger charge is 2.14. The topological polar surface area (TPSA) is 55.0 Å². The minimum absolute atomic E-state index is 0.604. The van der Waals surface area contributed by atoms with Crippen molar-refractivity contribution in [1.29, 1.82) is 0 Å². The number of nitrogens with zero attached hydrogens (tertiary/aromatic N) is 3. The summed E-state index contributed by atoms with van der Waals surface area (Å²) in [4.78, 5) is 11.1. The second kappa shape index (κ2) is 6.11. The summed E-state index contributed by atoms with van der Waals surface area (Å²) in [6, 6.07) is 2.04. The molecule has 0 unspecified atom stereocenters. The standard InChI is InChI=1S/C13H20N4S/c1-10(2)8-17(6-3-5-14)13-12-11(4-7-18-12)15-9-16-13/h4,7,9-10H,3,5-6,8,14H2,1-2H3. The maximum Gasteiger partial charge on any atom is 0.150 e. The molecular weight excluding hydrogens is 244 g/mol. The van der Waals surface area contributed by atoms with Crippen LogP contribution in [0.25, 0.3) is 10.2 Å². The van der Waals surface area contributed by atoms with E-state index in [2.05, 4.69) is 34.1 Å². The maximum atomic E-state index is 5.62. The third-order valence-corrected chi connectivity index (χ3v) is 3.64. The number of nitrogens with two attached hydrogens (primary N) is 1. The van der Waals surface area contributed by atoms with Crippen molar-refractivity contribution in [3.8, 4) is 0 Å². The summed E-state index contributed by atoms with van der Waals surface area (Å²) >= 11 is 1.70. The molecule has 2 heterocycles. The fraction of sp³-hybridized carbons (Fsp3) is 0.538. The molecule has 0 aromatic carbocycles. The van der Waals surface area contributed by atoms with Crippen LogP contribution in [-0.4, -0.2) is 29.6 Å². The Morgan fingerprint density at radius 2 is 2.22 bits per heavy atom. The molecule has 0 amide bonds. The van der Waals surface area contributed by atoms with E-state index in [1.165, 1.54) is 4.70 Å². The SMILES string of the molecule is CC(C)CN(CCCN)c1ncnc2ccsc12. The first-order valence-corrected chi connectivity index (χ1v) is 7.23. The molecule has 0 saturated carbocycles. The number of thiophene rings is 1. The Labute approximate surface area is 112 Å². The Bertz CT molecular complexity index is 494. The molecule has 0 bridgehead atoms. The van der Waals surface area contributed by atoms with Gasteiger partial charge in [0.25, 0.3) is 0 Å². The molecule has 0 aliphatic carbocycles. The van der Waals surface area contributed by atoms with Gasteiger partial charge in [0.1, 0.15) is 12.1 Å². The van der Waals surface area contributed by atoms with Gasteiger partial charge in [-0.3, -0.25) is 0 Å². The van der Waals surface area contributed by atoms with Crippen molar-refractivity contribution in [1.82, 2.24) is 9.97 Å². The molecule has 0 aliphatic rings. The van der Waals surface area contributed by atoms with Crippen molar-refractivity contribution >= 4 is 27.4 Å². The number of fused-ring (bicyclic) bond motifs is 1. The number of anilines is 1. The van der Waals surface area contributed by atoms with Crippen molar-refractivity contribution in [2.75, 3.05) is 24.5 Å². The predicted octanol–water partition coefficient (Wildman–Crippen LogP) is 2.50. The zero-order chi connectivity index (χ0) is 13.0. The molecular formula is C13H20N4S. The quantitative estimate of drug-likeness (QED) is 0.871. The van der Waals surface area contributed by atoms with E-state index >= 15 is 0 Å². The second-order valence-corrected chi connectivity index (χ2v) is 5.73. The molecule has 0 spiro atoms. The van der Waals surface area contributed by atoms with Gasteiger partial charge in [-0.2, -0.15) is 0 Å². The van der Waals surface area contributed by atoms with Crippen LogP contribution in [0.15, 0.2) is 17.8 Å². The highest BCUT2D eigenvalue weighted by molar-refractivity contribution is 7.17. The van der Waals surface area contributed by atoms with E-state index in [0.29, 0.717) is 12.5 Å². The summed E-state index contributed by atoms with van der Waals surface area (Å²) in [5, 5.41) is 2.07. The average molecular weight is 264 g/mol. The van der Waals surface area contributed by atoms with Crippen LogP contribution in [0.2, 0.25) is 0 Å². The van der Waals surface area contributed by atoms with E-state index in [1.54, 1.807) is 17.7 Å². The molecule has 0 aliphatic heterocycles. The Kier molecular flexibility index (Phi) is 4.49. The van der Waals surface area contributed by atoms with Crippen LogP contribution in [0.4, 0.5) is 5.82 Å². The lowest BCUT2D eigenvalue weighted by atomic mass is 10.2. The average Bonchev–Trinajstić information content (AvgIpc) is 2.82. The first kappa shape index (κ1) is 13.2. The zero-order valence-corrected chi connectivity index (χ0v) is 11.8. The summed E-state index contributed by atoms with van der Waals surface area (Å²) in [5.74, 6) is 1.66. The third kappa shape index (κ3) is 2.97. The summed E-state index contributed by atoms with van der Waals surface area (Å²) < 4.78 is 1.18. The molecule has 0 fully saturated rings. The predicted molar refractivity (Wildman–Crippen MR) is 78.1 cm³/mol. The van der Waals surface area contributed by atoms with Gasteiger partial charge in [0.05, 0.1) is 10.2 Å². The van der Waals surface area contributed by atoms with Crippen molar-refractivity contribution in [3.05, 3.63) is 17.8 Å². The van der Waals surface area contributed by atoms with Crippen LogP contribution >= 0.6 is 11.3 Å². The van der Waals surface area contributed by atoms with Gasteiger partial charge in [0.15, 0.2) is 0 Å². The lowest BCUT2D eigenvalue weighted by Gasteiger charge is -2.25. The maximum absolute atomic E-state index is 5.62. The van der Waals surface area contributed by atoms with Crippen LogP contribution in [-0.2, 0) is 0 Å². The second-order valence-electron chi connectivity index (χ2n) is 4.81. The van der Waals surface area contributed by atoms with Crippen LogP contribution in [0.3, 0.4) is 0 Å². The molecule has 98 valence electrons. The van der Waals surface area contributed by atoms with E-state index in [-0.39, 0.29) is 0 Å². The van der Waals surface area contributed by atoms with Gasteiger partial charge in [0.2, 0.25) is 0 Å². The van der Waals surface area contributed by atoms with E-state index in [9.17, 15) is 0 Å². The van der Waals surface area contributed by atoms with Crippen LogP contribution in [0, 0.1) is 5.92 Å². The minimum atomic E-state index is 0.604. The van der Waals surface area contributed by atoms with Gasteiger partial charge in [-0.15, -0.1) is 11.3 Å². The number of hydrogen-bond acceptors (Lipinski definition) is 5. The molecule has 2 aromatic heterocycles. The highest BCUT2D eigenvalue weighted by Crippen LogP contribution is 2.28. The Morgan fingerprint density at radius 1 is 1.39 bits per heavy atom. The van der Waals surface area contributed by atoms with Gasteiger partial charge in [0, 0.05) is 13.1 Å². The lowest BCUT2D eigenvalue weighted by molar-refractivity contribution is 0.597. The number of hydrogen-bond donors (Lipinski definition) is 1. The van der Waals surface area contributed by atoms with Crippen LogP contribution in [0.5, 0.6) is 0 Å². The smallest absolute Gasteiger partial charge is 0.150 e. The summed E-state index contributed by atoms with van der Waals surface area (Å²) in [6.07, 6.45) is 2.64. The Hall–Kier alpha value is -1.20. The molecule has 2 rings (SSSR count). The van der Waals surface area contributed by atoms with E-state index in [0.717, 1.165) is 30.8 Å². The molecule has 0 radical (unpaired) electrons. The third-order valence-electron chi connectivity index (χ3n) is 2.74. The fourth-order valence-corrected chi connectivity index (χ4v) is 2.87. The van der Waals surface area contributed by atoms with E-state index in [1.807, 2.05) is 6.07 Å². The summed E-state index contributed by atoms with van der Waals surface area (Å²) in [6.45, 7) is 7.13. The Morgan fingerprint density at radius 3 is 2.94 bits per heavy atom. The molecule has 0 saturated heterocycles. The van der Waals surface area contributed by atoms with E-state index < -0.39 is 0 Å². The summed E-state index contributed by atoms with van der Waals surface area (Å²) in [5.41, 5.74) is 6.66. The van der Waals surface area contributed by atoms with Gasteiger partial charge in [-0.25, -0.2) is 9.97 Å². The number of rotatable bonds is 6. The summed E-state index contributed by atoms with van der Waals surface area (Å²) in [7, 11) is 0. The van der Waals surface area contributed by atoms with Crippen molar-refractivity contribution < 1.29 is 0 Å². The number of aromatic nitrogens is 2. The molecule has 4 nitrogen and oxygen atoms in total. The van der Waals surface area contributed by atoms with Gasteiger partial charge in [-0.1, -0.05) is 13.8 Å². The Balaban J connectivity index is 2.30.